The van der Waals surface area contributed by atoms with Gasteiger partial charge in [0.05, 0.1) is 13.2 Å². The smallest absolute Gasteiger partial charge is 0.324 e. The molecule has 1 unspecified atom stereocenters. The summed E-state index contributed by atoms with van der Waals surface area (Å²) in [4.78, 5) is 40.7. The summed E-state index contributed by atoms with van der Waals surface area (Å²) in [7, 11) is 0. The van der Waals surface area contributed by atoms with Crippen molar-refractivity contribution >= 4 is 35.2 Å². The topological polar surface area (TPSA) is 79.0 Å². The van der Waals surface area contributed by atoms with Gasteiger partial charge in [-0.2, -0.15) is 11.8 Å². The van der Waals surface area contributed by atoms with Gasteiger partial charge in [0.15, 0.2) is 0 Å². The number of carbonyl (C=O) groups excluding carboxylic acids is 3. The average molecular weight is 408 g/mol. The van der Waals surface area contributed by atoms with Gasteiger partial charge in [0, 0.05) is 42.4 Å². The van der Waals surface area contributed by atoms with E-state index in [-0.39, 0.29) is 24.3 Å². The number of anilines is 1. The molecule has 1 fully saturated rings. The molecule has 1 aliphatic rings. The van der Waals surface area contributed by atoms with Gasteiger partial charge in [-0.3, -0.25) is 19.3 Å². The Balaban J connectivity index is 2.01. The lowest BCUT2D eigenvalue weighted by atomic mass is 10.1. The van der Waals surface area contributed by atoms with Crippen molar-refractivity contribution in [2.75, 3.05) is 49.6 Å². The van der Waals surface area contributed by atoms with Crippen LogP contribution in [0.1, 0.15) is 31.1 Å². The van der Waals surface area contributed by atoms with Crippen LogP contribution in [0.25, 0.3) is 0 Å². The summed E-state index contributed by atoms with van der Waals surface area (Å²) in [5, 5.41) is 2.84. The number of nitrogens with one attached hydrogen (secondary N) is 1. The SMILES string of the molecule is CCOC(=O)C1CSCCN1CC(=O)Nc1cccc(C(=O)N(CC)CC)c1. The second-order valence-corrected chi connectivity index (χ2v) is 7.57. The number of nitrogens with zero attached hydrogens (tertiary/aromatic N) is 2. The van der Waals surface area contributed by atoms with Crippen LogP contribution in [0.5, 0.6) is 0 Å². The predicted molar refractivity (Wildman–Crippen MR) is 112 cm³/mol. The van der Waals surface area contributed by atoms with E-state index >= 15 is 0 Å². The van der Waals surface area contributed by atoms with Gasteiger partial charge >= 0.3 is 5.97 Å². The van der Waals surface area contributed by atoms with E-state index < -0.39 is 6.04 Å². The van der Waals surface area contributed by atoms with Crippen LogP contribution in [-0.2, 0) is 14.3 Å². The zero-order valence-corrected chi connectivity index (χ0v) is 17.6. The minimum Gasteiger partial charge on any atom is -0.465 e. The van der Waals surface area contributed by atoms with Crippen LogP contribution in [0.3, 0.4) is 0 Å². The predicted octanol–water partition coefficient (Wildman–Crippen LogP) is 2.09. The lowest BCUT2D eigenvalue weighted by Crippen LogP contribution is -2.50. The molecule has 0 spiro atoms. The Morgan fingerprint density at radius 3 is 2.68 bits per heavy atom. The minimum atomic E-state index is -0.403. The second kappa shape index (κ2) is 11.1. The van der Waals surface area contributed by atoms with Crippen molar-refractivity contribution in [3.05, 3.63) is 29.8 Å². The molecule has 2 rings (SSSR count). The highest BCUT2D eigenvalue weighted by atomic mass is 32.2. The lowest BCUT2D eigenvalue weighted by molar-refractivity contribution is -0.148. The molecule has 0 saturated carbocycles. The van der Waals surface area contributed by atoms with Crippen LogP contribution in [0.2, 0.25) is 0 Å². The third-order valence-electron chi connectivity index (χ3n) is 4.59. The third-order valence-corrected chi connectivity index (χ3v) is 5.61. The van der Waals surface area contributed by atoms with E-state index in [4.69, 9.17) is 4.74 Å². The minimum absolute atomic E-state index is 0.0588. The van der Waals surface area contributed by atoms with E-state index in [2.05, 4.69) is 5.32 Å². The highest BCUT2D eigenvalue weighted by molar-refractivity contribution is 7.99. The van der Waals surface area contributed by atoms with Crippen molar-refractivity contribution in [1.82, 2.24) is 9.80 Å². The van der Waals surface area contributed by atoms with Gasteiger partial charge in [-0.15, -0.1) is 0 Å². The molecule has 0 radical (unpaired) electrons. The molecule has 1 heterocycles. The normalized spacial score (nSPS) is 17.0. The molecule has 1 saturated heterocycles. The fourth-order valence-electron chi connectivity index (χ4n) is 3.09. The Hall–Kier alpha value is -2.06. The van der Waals surface area contributed by atoms with Gasteiger partial charge < -0.3 is 15.0 Å². The summed E-state index contributed by atoms with van der Waals surface area (Å²) in [5.41, 5.74) is 1.11. The van der Waals surface area contributed by atoms with Crippen molar-refractivity contribution in [3.8, 4) is 0 Å². The molecule has 0 bridgehead atoms. The quantitative estimate of drug-likeness (QED) is 0.665. The van der Waals surface area contributed by atoms with Crippen molar-refractivity contribution < 1.29 is 19.1 Å². The third kappa shape index (κ3) is 5.97. The lowest BCUT2D eigenvalue weighted by Gasteiger charge is -2.32. The molecule has 1 aromatic carbocycles. The first-order chi connectivity index (χ1) is 13.5. The molecule has 1 atom stereocenters. The molecular weight excluding hydrogens is 378 g/mol. The van der Waals surface area contributed by atoms with Crippen LogP contribution in [0, 0.1) is 0 Å². The molecule has 2 amide bonds. The van der Waals surface area contributed by atoms with Crippen molar-refractivity contribution in [2.45, 2.75) is 26.8 Å². The Bertz CT molecular complexity index is 694. The van der Waals surface area contributed by atoms with Gasteiger partial charge in [0.2, 0.25) is 5.91 Å². The highest BCUT2D eigenvalue weighted by Gasteiger charge is 2.31. The first-order valence-electron chi connectivity index (χ1n) is 9.67. The standard InChI is InChI=1S/C20H29N3O4S/c1-4-22(5-2)19(25)15-8-7-9-16(12-15)21-18(24)13-23-10-11-28-14-17(23)20(26)27-6-3/h7-9,12,17H,4-6,10-11,13-14H2,1-3H3,(H,21,24). The van der Waals surface area contributed by atoms with Crippen molar-refractivity contribution in [3.63, 3.8) is 0 Å². The van der Waals surface area contributed by atoms with Gasteiger partial charge in [-0.1, -0.05) is 6.07 Å². The summed E-state index contributed by atoms with van der Waals surface area (Å²) in [6, 6.07) is 6.54. The first kappa shape index (κ1) is 22.2. The highest BCUT2D eigenvalue weighted by Crippen LogP contribution is 2.18. The molecule has 154 valence electrons. The number of ether oxygens (including phenoxy) is 1. The Morgan fingerprint density at radius 2 is 2.00 bits per heavy atom. The summed E-state index contributed by atoms with van der Waals surface area (Å²) >= 11 is 1.69. The maximum absolute atomic E-state index is 12.5. The fourth-order valence-corrected chi connectivity index (χ4v) is 4.19. The van der Waals surface area contributed by atoms with Crippen LogP contribution < -0.4 is 5.32 Å². The van der Waals surface area contributed by atoms with E-state index in [1.165, 1.54) is 0 Å². The maximum atomic E-state index is 12.5. The Morgan fingerprint density at radius 1 is 1.25 bits per heavy atom. The number of esters is 1. The molecule has 7 nitrogen and oxygen atoms in total. The fraction of sp³-hybridized carbons (Fsp3) is 0.550. The van der Waals surface area contributed by atoms with Crippen molar-refractivity contribution in [1.29, 1.82) is 0 Å². The molecule has 1 N–H and O–H groups in total. The molecule has 1 aromatic rings. The summed E-state index contributed by atoms with van der Waals surface area (Å²) in [6.45, 7) is 8.00. The second-order valence-electron chi connectivity index (χ2n) is 6.42. The number of hydrogen-bond acceptors (Lipinski definition) is 6. The molecule has 0 aliphatic carbocycles. The van der Waals surface area contributed by atoms with E-state index in [1.54, 1.807) is 47.9 Å². The largest absolute Gasteiger partial charge is 0.465 e. The van der Waals surface area contributed by atoms with E-state index in [1.807, 2.05) is 18.7 Å². The molecule has 28 heavy (non-hydrogen) atoms. The van der Waals surface area contributed by atoms with Gasteiger partial charge in [-0.05, 0) is 39.0 Å². The summed E-state index contributed by atoms with van der Waals surface area (Å²) in [5.74, 6) is 0.941. The molecule has 1 aliphatic heterocycles. The summed E-state index contributed by atoms with van der Waals surface area (Å²) in [6.07, 6.45) is 0. The molecule has 0 aromatic heterocycles. The van der Waals surface area contributed by atoms with E-state index in [0.29, 0.717) is 43.2 Å². The number of rotatable bonds is 8. The van der Waals surface area contributed by atoms with Crippen LogP contribution in [0.15, 0.2) is 24.3 Å². The Kier molecular flexibility index (Phi) is 8.79. The van der Waals surface area contributed by atoms with E-state index in [9.17, 15) is 14.4 Å². The zero-order chi connectivity index (χ0) is 20.5. The number of benzene rings is 1. The zero-order valence-electron chi connectivity index (χ0n) is 16.8. The first-order valence-corrected chi connectivity index (χ1v) is 10.8. The van der Waals surface area contributed by atoms with Gasteiger partial charge in [-0.25, -0.2) is 0 Å². The number of carbonyl (C=O) groups is 3. The maximum Gasteiger partial charge on any atom is 0.324 e. The summed E-state index contributed by atoms with van der Waals surface area (Å²) < 4.78 is 5.13. The van der Waals surface area contributed by atoms with Crippen LogP contribution in [0.4, 0.5) is 5.69 Å². The van der Waals surface area contributed by atoms with Crippen LogP contribution >= 0.6 is 11.8 Å². The molecule has 8 heteroatoms. The molecular formula is C20H29N3O4S. The van der Waals surface area contributed by atoms with Gasteiger partial charge in [0.25, 0.3) is 5.91 Å². The van der Waals surface area contributed by atoms with Crippen LogP contribution in [-0.4, -0.2) is 77.9 Å². The number of amides is 2. The Labute approximate surface area is 170 Å². The van der Waals surface area contributed by atoms with Crippen molar-refractivity contribution in [2.24, 2.45) is 0 Å². The average Bonchev–Trinajstić information content (AvgIpc) is 2.69. The van der Waals surface area contributed by atoms with E-state index in [0.717, 1.165) is 5.75 Å². The number of hydrogen-bond donors (Lipinski definition) is 1. The van der Waals surface area contributed by atoms with Gasteiger partial charge in [0.1, 0.15) is 6.04 Å². The number of thioether (sulfide) groups is 1. The monoisotopic (exact) mass is 407 g/mol.